The topological polar surface area (TPSA) is 109 Å². The van der Waals surface area contributed by atoms with E-state index in [-0.39, 0.29) is 17.5 Å². The molecule has 2 aliphatic rings. The Labute approximate surface area is 189 Å². The first kappa shape index (κ1) is 20.1. The van der Waals surface area contributed by atoms with Crippen molar-refractivity contribution in [3.8, 4) is 23.4 Å². The van der Waals surface area contributed by atoms with Gasteiger partial charge in [-0.3, -0.25) is 4.79 Å². The summed E-state index contributed by atoms with van der Waals surface area (Å²) in [6, 6.07) is 14.5. The number of nitrogens with zero attached hydrogens (tertiary/aromatic N) is 3. The van der Waals surface area contributed by atoms with Crippen LogP contribution in [0, 0.1) is 11.3 Å². The third-order valence-electron chi connectivity index (χ3n) is 5.45. The van der Waals surface area contributed by atoms with E-state index in [1.807, 2.05) is 18.2 Å². The van der Waals surface area contributed by atoms with Crippen LogP contribution in [0.3, 0.4) is 0 Å². The molecule has 2 heterocycles. The molecule has 0 bridgehead atoms. The van der Waals surface area contributed by atoms with Gasteiger partial charge in [0.2, 0.25) is 5.75 Å². The van der Waals surface area contributed by atoms with Crippen LogP contribution in [0.15, 0.2) is 48.8 Å². The lowest BCUT2D eigenvalue weighted by atomic mass is 9.97. The van der Waals surface area contributed by atoms with Crippen LogP contribution in [0.2, 0.25) is 5.02 Å². The fourth-order valence-corrected chi connectivity index (χ4v) is 3.68. The van der Waals surface area contributed by atoms with Crippen molar-refractivity contribution in [3.63, 3.8) is 0 Å². The van der Waals surface area contributed by atoms with Gasteiger partial charge in [-0.15, -0.1) is 0 Å². The zero-order chi connectivity index (χ0) is 22.1. The summed E-state index contributed by atoms with van der Waals surface area (Å²) in [5, 5.41) is 15.7. The normalized spacial score (nSPS) is 15.4. The Bertz CT molecular complexity index is 1250. The van der Waals surface area contributed by atoms with Gasteiger partial charge >= 0.3 is 0 Å². The van der Waals surface area contributed by atoms with Crippen molar-refractivity contribution in [1.82, 2.24) is 9.97 Å². The largest absolute Gasteiger partial charge is 0.483 e. The maximum absolute atomic E-state index is 12.9. The van der Waals surface area contributed by atoms with Crippen molar-refractivity contribution in [3.05, 3.63) is 64.9 Å². The summed E-state index contributed by atoms with van der Waals surface area (Å²) in [6.45, 7) is 1.09. The second-order valence-electron chi connectivity index (χ2n) is 7.61. The molecule has 0 radical (unpaired) electrons. The third kappa shape index (κ3) is 3.79. The SMILES string of the molecule is N#CC1(c2cccc(NC(=O)c3ccc(Cl)c(Oc4ncnc5c4OCCN5)c3)c2)CC1. The first-order valence-electron chi connectivity index (χ1n) is 10.1. The Hall–Kier alpha value is -3.83. The Morgan fingerprint density at radius 1 is 1.25 bits per heavy atom. The van der Waals surface area contributed by atoms with Crippen LogP contribution in [-0.4, -0.2) is 29.0 Å². The van der Waals surface area contributed by atoms with Crippen LogP contribution in [-0.2, 0) is 5.41 Å². The zero-order valence-corrected chi connectivity index (χ0v) is 17.6. The summed E-state index contributed by atoms with van der Waals surface area (Å²) in [4.78, 5) is 21.1. The number of amides is 1. The second-order valence-corrected chi connectivity index (χ2v) is 8.02. The molecule has 0 saturated heterocycles. The van der Waals surface area contributed by atoms with Gasteiger partial charge in [0.15, 0.2) is 5.82 Å². The van der Waals surface area contributed by atoms with Gasteiger partial charge in [0, 0.05) is 11.3 Å². The van der Waals surface area contributed by atoms with Crippen molar-refractivity contribution < 1.29 is 14.3 Å². The molecule has 1 aliphatic heterocycles. The summed E-state index contributed by atoms with van der Waals surface area (Å²) in [7, 11) is 0. The lowest BCUT2D eigenvalue weighted by molar-refractivity contribution is 0.102. The van der Waals surface area contributed by atoms with Gasteiger partial charge in [-0.2, -0.15) is 10.2 Å². The molecule has 1 aromatic heterocycles. The number of fused-ring (bicyclic) bond motifs is 1. The standard InChI is InChI=1S/C23H18ClN5O3/c24-17-5-4-14(10-18(17)32-22-19-20(27-13-28-22)26-8-9-31-19)21(30)29-16-3-1-2-15(11-16)23(12-25)6-7-23/h1-5,10-11,13H,6-9H2,(H,29,30)(H,26,27,28). The Balaban J connectivity index is 1.37. The molecule has 0 unspecified atom stereocenters. The highest BCUT2D eigenvalue weighted by Gasteiger charge is 2.44. The number of carbonyl (C=O) groups excluding carboxylic acids is 1. The molecular formula is C23H18ClN5O3. The summed E-state index contributed by atoms with van der Waals surface area (Å²) in [5.74, 6) is 1.09. The molecule has 1 saturated carbocycles. The second kappa shape index (κ2) is 8.02. The average Bonchev–Trinajstić information content (AvgIpc) is 3.62. The Morgan fingerprint density at radius 2 is 2.12 bits per heavy atom. The monoisotopic (exact) mass is 447 g/mol. The zero-order valence-electron chi connectivity index (χ0n) is 16.9. The van der Waals surface area contributed by atoms with Gasteiger partial charge in [0.25, 0.3) is 11.8 Å². The van der Waals surface area contributed by atoms with E-state index in [9.17, 15) is 10.1 Å². The van der Waals surface area contributed by atoms with Gasteiger partial charge in [-0.25, -0.2) is 4.98 Å². The number of rotatable bonds is 5. The lowest BCUT2D eigenvalue weighted by Crippen LogP contribution is -2.19. The van der Waals surface area contributed by atoms with Crippen molar-refractivity contribution in [2.75, 3.05) is 23.8 Å². The minimum Gasteiger partial charge on any atom is -0.483 e. The fourth-order valence-electron chi connectivity index (χ4n) is 3.52. The quantitative estimate of drug-likeness (QED) is 0.591. The van der Waals surface area contributed by atoms with Crippen molar-refractivity contribution in [2.45, 2.75) is 18.3 Å². The van der Waals surface area contributed by atoms with Crippen LogP contribution < -0.4 is 20.1 Å². The van der Waals surface area contributed by atoms with E-state index in [0.29, 0.717) is 41.0 Å². The minimum atomic E-state index is -0.421. The van der Waals surface area contributed by atoms with E-state index in [0.717, 1.165) is 18.4 Å². The van der Waals surface area contributed by atoms with E-state index in [1.165, 1.54) is 6.33 Å². The van der Waals surface area contributed by atoms with E-state index >= 15 is 0 Å². The maximum Gasteiger partial charge on any atom is 0.268 e. The highest BCUT2D eigenvalue weighted by molar-refractivity contribution is 6.32. The van der Waals surface area contributed by atoms with Gasteiger partial charge in [0.05, 0.1) is 23.1 Å². The molecule has 160 valence electrons. The Kier molecular flexibility index (Phi) is 5.04. The number of halogens is 1. The van der Waals surface area contributed by atoms with Crippen LogP contribution in [0.1, 0.15) is 28.8 Å². The molecule has 1 fully saturated rings. The van der Waals surface area contributed by atoms with Crippen molar-refractivity contribution in [1.29, 1.82) is 5.26 Å². The number of aromatic nitrogens is 2. The first-order chi connectivity index (χ1) is 15.6. The van der Waals surface area contributed by atoms with Gasteiger partial charge in [-0.05, 0) is 48.7 Å². The molecular weight excluding hydrogens is 430 g/mol. The number of hydrogen-bond donors (Lipinski definition) is 2. The van der Waals surface area contributed by atoms with E-state index < -0.39 is 5.41 Å². The summed E-state index contributed by atoms with van der Waals surface area (Å²) in [5.41, 5.74) is 1.48. The van der Waals surface area contributed by atoms with Crippen LogP contribution in [0.4, 0.5) is 11.5 Å². The van der Waals surface area contributed by atoms with Gasteiger partial charge < -0.3 is 20.1 Å². The Morgan fingerprint density at radius 3 is 2.94 bits per heavy atom. The van der Waals surface area contributed by atoms with Gasteiger partial charge in [0.1, 0.15) is 18.7 Å². The number of carbonyl (C=O) groups is 1. The molecule has 8 nitrogen and oxygen atoms in total. The molecule has 32 heavy (non-hydrogen) atoms. The smallest absolute Gasteiger partial charge is 0.268 e. The number of benzene rings is 2. The summed E-state index contributed by atoms with van der Waals surface area (Å²) >= 11 is 6.30. The molecule has 3 aromatic rings. The average molecular weight is 448 g/mol. The molecule has 1 aliphatic carbocycles. The van der Waals surface area contributed by atoms with Gasteiger partial charge in [-0.1, -0.05) is 23.7 Å². The molecule has 0 atom stereocenters. The highest BCUT2D eigenvalue weighted by atomic mass is 35.5. The minimum absolute atomic E-state index is 0.209. The predicted molar refractivity (Wildman–Crippen MR) is 118 cm³/mol. The van der Waals surface area contributed by atoms with Crippen molar-refractivity contribution in [2.24, 2.45) is 0 Å². The summed E-state index contributed by atoms with van der Waals surface area (Å²) < 4.78 is 11.5. The number of nitriles is 1. The molecule has 2 N–H and O–H groups in total. The highest BCUT2D eigenvalue weighted by Crippen LogP contribution is 2.48. The lowest BCUT2D eigenvalue weighted by Gasteiger charge is -2.19. The molecule has 1 amide bonds. The molecule has 5 rings (SSSR count). The third-order valence-corrected chi connectivity index (χ3v) is 5.76. The number of nitrogens with one attached hydrogen (secondary N) is 2. The maximum atomic E-state index is 12.9. The van der Waals surface area contributed by atoms with E-state index in [1.54, 1.807) is 24.3 Å². The molecule has 0 spiro atoms. The fraction of sp³-hybridized carbons (Fsp3) is 0.217. The van der Waals surface area contributed by atoms with Crippen LogP contribution in [0.25, 0.3) is 0 Å². The van der Waals surface area contributed by atoms with E-state index in [4.69, 9.17) is 21.1 Å². The van der Waals surface area contributed by atoms with E-state index in [2.05, 4.69) is 26.7 Å². The summed E-state index contributed by atoms with van der Waals surface area (Å²) in [6.07, 6.45) is 3.04. The number of hydrogen-bond acceptors (Lipinski definition) is 7. The molecule has 9 heteroatoms. The van der Waals surface area contributed by atoms with Crippen LogP contribution in [0.5, 0.6) is 17.4 Å². The van der Waals surface area contributed by atoms with Crippen LogP contribution >= 0.6 is 11.6 Å². The number of ether oxygens (including phenoxy) is 2. The predicted octanol–water partition coefficient (Wildman–Crippen LogP) is 4.53. The first-order valence-corrected chi connectivity index (χ1v) is 10.5. The molecule has 2 aromatic carbocycles. The number of anilines is 2. The van der Waals surface area contributed by atoms with Crippen molar-refractivity contribution >= 4 is 29.0 Å².